The van der Waals surface area contributed by atoms with Gasteiger partial charge in [-0.3, -0.25) is 0 Å². The summed E-state index contributed by atoms with van der Waals surface area (Å²) in [4.78, 5) is 0. The quantitative estimate of drug-likeness (QED) is 0.538. The molecule has 0 amide bonds. The van der Waals surface area contributed by atoms with Gasteiger partial charge in [0, 0.05) is 53.7 Å². The lowest BCUT2D eigenvalue weighted by Gasteiger charge is -2.23. The van der Waals surface area contributed by atoms with Crippen LogP contribution in [0.3, 0.4) is 0 Å². The normalized spacial score (nSPS) is 12.0. The molecule has 130 valence electrons. The first-order valence-electron chi connectivity index (χ1n) is 7.50. The SMILES string of the molecule is CCC[Si](OC)(OC)OC.CCO[Si](C)(OCC)OCC. The first-order chi connectivity index (χ1) is 9.92. The number of hydrogen-bond acceptors (Lipinski definition) is 6. The molecule has 0 fully saturated rings. The molecule has 0 aromatic heterocycles. The Balaban J connectivity index is 0. The van der Waals surface area contributed by atoms with E-state index in [-0.39, 0.29) is 0 Å². The topological polar surface area (TPSA) is 55.4 Å². The summed E-state index contributed by atoms with van der Waals surface area (Å²) < 4.78 is 31.7. The van der Waals surface area contributed by atoms with E-state index in [9.17, 15) is 0 Å². The van der Waals surface area contributed by atoms with Gasteiger partial charge in [0.05, 0.1) is 0 Å². The lowest BCUT2D eigenvalue weighted by Crippen LogP contribution is -2.42. The minimum Gasteiger partial charge on any atom is -0.377 e. The van der Waals surface area contributed by atoms with E-state index in [0.29, 0.717) is 19.8 Å². The maximum Gasteiger partial charge on any atom is 0.500 e. The van der Waals surface area contributed by atoms with Gasteiger partial charge in [0.1, 0.15) is 0 Å². The summed E-state index contributed by atoms with van der Waals surface area (Å²) in [7, 11) is 0.435. The summed E-state index contributed by atoms with van der Waals surface area (Å²) in [6.45, 7) is 11.8. The molecule has 0 aromatic carbocycles. The minimum atomic E-state index is -2.25. The molecule has 0 aromatic rings. The van der Waals surface area contributed by atoms with Crippen LogP contribution in [0.4, 0.5) is 0 Å². The van der Waals surface area contributed by atoms with E-state index < -0.39 is 17.6 Å². The van der Waals surface area contributed by atoms with Gasteiger partial charge >= 0.3 is 17.6 Å². The Labute approximate surface area is 132 Å². The Hall–Kier alpha value is 0.194. The lowest BCUT2D eigenvalue weighted by molar-refractivity contribution is 0.0783. The van der Waals surface area contributed by atoms with Gasteiger partial charge in [-0.1, -0.05) is 13.3 Å². The predicted octanol–water partition coefficient (Wildman–Crippen LogP) is 2.94. The number of rotatable bonds is 11. The van der Waals surface area contributed by atoms with E-state index >= 15 is 0 Å². The smallest absolute Gasteiger partial charge is 0.377 e. The van der Waals surface area contributed by atoms with Crippen LogP contribution >= 0.6 is 0 Å². The Morgan fingerprint density at radius 2 is 1.00 bits per heavy atom. The second-order valence-electron chi connectivity index (χ2n) is 4.21. The van der Waals surface area contributed by atoms with Gasteiger partial charge in [-0.15, -0.1) is 0 Å². The van der Waals surface area contributed by atoms with Gasteiger partial charge in [-0.05, 0) is 20.8 Å². The van der Waals surface area contributed by atoms with Crippen LogP contribution < -0.4 is 0 Å². The highest BCUT2D eigenvalue weighted by molar-refractivity contribution is 6.60. The minimum absolute atomic E-state index is 0.655. The Bertz CT molecular complexity index is 201. The molecule has 0 aliphatic carbocycles. The molecular formula is C13H34O6Si2. The summed E-state index contributed by atoms with van der Waals surface area (Å²) in [5.74, 6) is 0. The van der Waals surface area contributed by atoms with Crippen molar-refractivity contribution in [3.8, 4) is 0 Å². The zero-order valence-electron chi connectivity index (χ0n) is 15.0. The molecule has 0 spiro atoms. The molecule has 0 saturated carbocycles. The molecule has 0 heterocycles. The highest BCUT2D eigenvalue weighted by Gasteiger charge is 2.36. The molecule has 0 atom stereocenters. The fourth-order valence-electron chi connectivity index (χ4n) is 1.77. The van der Waals surface area contributed by atoms with Crippen molar-refractivity contribution in [3.05, 3.63) is 0 Å². The summed E-state index contributed by atoms with van der Waals surface area (Å²) >= 11 is 0. The molecule has 0 aliphatic rings. The predicted molar refractivity (Wildman–Crippen MR) is 88.4 cm³/mol. The average molecular weight is 343 g/mol. The molecular weight excluding hydrogens is 308 g/mol. The third kappa shape index (κ3) is 10.5. The van der Waals surface area contributed by atoms with Crippen LogP contribution in [0.25, 0.3) is 0 Å². The molecule has 0 N–H and O–H groups in total. The summed E-state index contributed by atoms with van der Waals surface area (Å²) in [5, 5.41) is 0. The van der Waals surface area contributed by atoms with Gasteiger partial charge in [-0.2, -0.15) is 0 Å². The van der Waals surface area contributed by atoms with Gasteiger partial charge in [0.2, 0.25) is 0 Å². The first-order valence-corrected chi connectivity index (χ1v) is 11.7. The van der Waals surface area contributed by atoms with Crippen LogP contribution in [0, 0.1) is 0 Å². The highest BCUT2D eigenvalue weighted by atomic mass is 28.4. The largest absolute Gasteiger partial charge is 0.500 e. The second kappa shape index (κ2) is 13.8. The Morgan fingerprint density at radius 3 is 1.14 bits per heavy atom. The summed E-state index contributed by atoms with van der Waals surface area (Å²) in [5.41, 5.74) is 0. The van der Waals surface area contributed by atoms with E-state index in [1.165, 1.54) is 0 Å². The molecule has 8 heteroatoms. The fraction of sp³-hybridized carbons (Fsp3) is 1.00. The molecule has 6 nitrogen and oxygen atoms in total. The van der Waals surface area contributed by atoms with E-state index in [2.05, 4.69) is 6.92 Å². The van der Waals surface area contributed by atoms with Crippen molar-refractivity contribution in [3.63, 3.8) is 0 Å². The van der Waals surface area contributed by atoms with Crippen molar-refractivity contribution in [2.75, 3.05) is 41.2 Å². The van der Waals surface area contributed by atoms with Gasteiger partial charge < -0.3 is 26.6 Å². The van der Waals surface area contributed by atoms with Crippen LogP contribution in [-0.2, 0) is 26.6 Å². The van der Waals surface area contributed by atoms with E-state index in [4.69, 9.17) is 26.6 Å². The van der Waals surface area contributed by atoms with E-state index in [1.807, 2.05) is 27.3 Å². The van der Waals surface area contributed by atoms with Crippen molar-refractivity contribution < 1.29 is 26.6 Å². The average Bonchev–Trinajstić information content (AvgIpc) is 2.46. The molecule has 21 heavy (non-hydrogen) atoms. The Morgan fingerprint density at radius 1 is 0.667 bits per heavy atom. The van der Waals surface area contributed by atoms with Crippen LogP contribution in [-0.4, -0.2) is 58.8 Å². The van der Waals surface area contributed by atoms with Crippen LogP contribution in [0.15, 0.2) is 0 Å². The zero-order valence-corrected chi connectivity index (χ0v) is 17.0. The monoisotopic (exact) mass is 342 g/mol. The molecule has 0 rings (SSSR count). The van der Waals surface area contributed by atoms with Crippen molar-refractivity contribution in [1.29, 1.82) is 0 Å². The highest BCUT2D eigenvalue weighted by Crippen LogP contribution is 2.13. The molecule has 0 radical (unpaired) electrons. The molecule has 0 bridgehead atoms. The maximum absolute atomic E-state index is 5.40. The number of hydrogen-bond donors (Lipinski definition) is 0. The van der Waals surface area contributed by atoms with Gasteiger partial charge in [-0.25, -0.2) is 0 Å². The van der Waals surface area contributed by atoms with Crippen LogP contribution in [0.2, 0.25) is 12.6 Å². The van der Waals surface area contributed by atoms with Crippen LogP contribution in [0.5, 0.6) is 0 Å². The third-order valence-corrected chi connectivity index (χ3v) is 8.13. The van der Waals surface area contributed by atoms with Crippen molar-refractivity contribution in [2.45, 2.75) is 46.7 Å². The third-order valence-electron chi connectivity index (χ3n) is 2.71. The second-order valence-corrected chi connectivity index (χ2v) is 9.89. The van der Waals surface area contributed by atoms with Gasteiger partial charge in [0.15, 0.2) is 0 Å². The van der Waals surface area contributed by atoms with Gasteiger partial charge in [0.25, 0.3) is 0 Å². The molecule has 0 unspecified atom stereocenters. The molecule has 0 saturated heterocycles. The first kappa shape index (κ1) is 23.5. The van der Waals surface area contributed by atoms with E-state index in [1.54, 1.807) is 21.3 Å². The fourth-order valence-corrected chi connectivity index (χ4v) is 5.32. The van der Waals surface area contributed by atoms with Crippen molar-refractivity contribution in [1.82, 2.24) is 0 Å². The van der Waals surface area contributed by atoms with Crippen molar-refractivity contribution >= 4 is 17.6 Å². The summed E-state index contributed by atoms with van der Waals surface area (Å²) in [6, 6.07) is 0.885. The zero-order chi connectivity index (χ0) is 16.8. The summed E-state index contributed by atoms with van der Waals surface area (Å²) in [6.07, 6.45) is 1.03. The maximum atomic E-state index is 5.40. The van der Waals surface area contributed by atoms with Crippen LogP contribution in [0.1, 0.15) is 34.1 Å². The standard InChI is InChI=1S/C7H18O3Si.C6H16O3Si/c1-5-8-11(4,9-6-2)10-7-3;1-5-6-10(7-2,8-3)9-4/h5-7H2,1-4H3;5-6H2,1-4H3. The van der Waals surface area contributed by atoms with Crippen molar-refractivity contribution in [2.24, 2.45) is 0 Å². The van der Waals surface area contributed by atoms with E-state index in [0.717, 1.165) is 12.5 Å². The Kier molecular flexibility index (Phi) is 15.4. The lowest BCUT2D eigenvalue weighted by atomic mass is 10.6. The molecule has 0 aliphatic heterocycles.